The van der Waals surface area contributed by atoms with Crippen LogP contribution in [0.25, 0.3) is 11.3 Å². The molecule has 4 nitrogen and oxygen atoms in total. The van der Waals surface area contributed by atoms with Crippen molar-refractivity contribution in [1.29, 1.82) is 0 Å². The SMILES string of the molecule is CC(C)(C)c1ccc(-c2cn(CCN)nn2)cc1. The molecule has 0 radical (unpaired) electrons. The normalized spacial score (nSPS) is 11.8. The van der Waals surface area contributed by atoms with Crippen LogP contribution in [0.4, 0.5) is 0 Å². The van der Waals surface area contributed by atoms with Gasteiger partial charge < -0.3 is 5.73 Å². The number of benzene rings is 1. The topological polar surface area (TPSA) is 56.7 Å². The lowest BCUT2D eigenvalue weighted by Gasteiger charge is -2.18. The Bertz CT molecular complexity index is 505. The number of nitrogens with zero attached hydrogens (tertiary/aromatic N) is 3. The van der Waals surface area contributed by atoms with Crippen LogP contribution < -0.4 is 5.73 Å². The molecule has 0 fully saturated rings. The zero-order valence-corrected chi connectivity index (χ0v) is 11.2. The molecule has 0 aliphatic heterocycles. The van der Waals surface area contributed by atoms with Gasteiger partial charge >= 0.3 is 0 Å². The molecule has 2 rings (SSSR count). The molecular weight excluding hydrogens is 224 g/mol. The summed E-state index contributed by atoms with van der Waals surface area (Å²) in [6.07, 6.45) is 1.93. The average molecular weight is 244 g/mol. The minimum atomic E-state index is 0.176. The Kier molecular flexibility index (Phi) is 3.48. The summed E-state index contributed by atoms with van der Waals surface area (Å²) in [5.74, 6) is 0. The van der Waals surface area contributed by atoms with Gasteiger partial charge in [0.15, 0.2) is 0 Å². The number of hydrogen-bond donors (Lipinski definition) is 1. The van der Waals surface area contributed by atoms with Crippen LogP contribution in [0.2, 0.25) is 0 Å². The second-order valence-corrected chi connectivity index (χ2v) is 5.48. The molecule has 0 saturated heterocycles. The van der Waals surface area contributed by atoms with Crippen molar-refractivity contribution in [3.63, 3.8) is 0 Å². The molecule has 96 valence electrons. The maximum absolute atomic E-state index is 5.49. The van der Waals surface area contributed by atoms with E-state index in [-0.39, 0.29) is 5.41 Å². The first-order valence-corrected chi connectivity index (χ1v) is 6.22. The van der Waals surface area contributed by atoms with E-state index in [2.05, 4.69) is 55.3 Å². The Hall–Kier alpha value is -1.68. The van der Waals surface area contributed by atoms with Crippen LogP contribution in [0, 0.1) is 0 Å². The summed E-state index contributed by atoms with van der Waals surface area (Å²) < 4.78 is 1.77. The average Bonchev–Trinajstić information content (AvgIpc) is 2.77. The van der Waals surface area contributed by atoms with E-state index in [1.807, 2.05) is 6.20 Å². The first kappa shape index (κ1) is 12.8. The molecule has 0 atom stereocenters. The summed E-state index contributed by atoms with van der Waals surface area (Å²) >= 11 is 0. The van der Waals surface area contributed by atoms with Crippen molar-refractivity contribution in [3.05, 3.63) is 36.0 Å². The summed E-state index contributed by atoms with van der Waals surface area (Å²) in [6, 6.07) is 8.49. The predicted octanol–water partition coefficient (Wildman–Crippen LogP) is 2.20. The Morgan fingerprint density at radius 2 is 1.83 bits per heavy atom. The molecular formula is C14H20N4. The van der Waals surface area contributed by atoms with Crippen molar-refractivity contribution in [2.45, 2.75) is 32.7 Å². The number of rotatable bonds is 3. The van der Waals surface area contributed by atoms with Crippen molar-refractivity contribution in [2.75, 3.05) is 6.54 Å². The summed E-state index contributed by atoms with van der Waals surface area (Å²) in [7, 11) is 0. The predicted molar refractivity (Wildman–Crippen MR) is 73.2 cm³/mol. The fourth-order valence-corrected chi connectivity index (χ4v) is 1.81. The van der Waals surface area contributed by atoms with E-state index in [0.717, 1.165) is 11.3 Å². The molecule has 0 saturated carbocycles. The Labute approximate surface area is 108 Å². The summed E-state index contributed by atoms with van der Waals surface area (Å²) in [6.45, 7) is 7.90. The first-order chi connectivity index (χ1) is 8.50. The standard InChI is InChI=1S/C14H20N4/c1-14(2,3)12-6-4-11(5-7-12)13-10-18(9-8-15)17-16-13/h4-7,10H,8-9,15H2,1-3H3. The third-order valence-corrected chi connectivity index (χ3v) is 2.94. The van der Waals surface area contributed by atoms with E-state index >= 15 is 0 Å². The maximum Gasteiger partial charge on any atom is 0.113 e. The van der Waals surface area contributed by atoms with Crippen LogP contribution in [0.15, 0.2) is 30.5 Å². The molecule has 0 amide bonds. The molecule has 1 aromatic heterocycles. The largest absolute Gasteiger partial charge is 0.329 e. The lowest BCUT2D eigenvalue weighted by Crippen LogP contribution is -2.10. The van der Waals surface area contributed by atoms with Gasteiger partial charge in [0.05, 0.1) is 12.7 Å². The van der Waals surface area contributed by atoms with Crippen molar-refractivity contribution < 1.29 is 0 Å². The molecule has 1 aromatic carbocycles. The highest BCUT2D eigenvalue weighted by Gasteiger charge is 2.13. The minimum Gasteiger partial charge on any atom is -0.329 e. The number of aromatic nitrogens is 3. The van der Waals surface area contributed by atoms with Gasteiger partial charge in [0.25, 0.3) is 0 Å². The van der Waals surface area contributed by atoms with E-state index in [1.165, 1.54) is 5.56 Å². The molecule has 2 N–H and O–H groups in total. The lowest BCUT2D eigenvalue weighted by atomic mass is 9.86. The maximum atomic E-state index is 5.49. The third kappa shape index (κ3) is 2.76. The van der Waals surface area contributed by atoms with Crippen LogP contribution in [0.3, 0.4) is 0 Å². The fourth-order valence-electron chi connectivity index (χ4n) is 1.81. The van der Waals surface area contributed by atoms with Crippen LogP contribution in [-0.2, 0) is 12.0 Å². The third-order valence-electron chi connectivity index (χ3n) is 2.94. The van der Waals surface area contributed by atoms with Gasteiger partial charge in [-0.1, -0.05) is 50.3 Å². The molecule has 0 aliphatic rings. The van der Waals surface area contributed by atoms with Crippen molar-refractivity contribution in [2.24, 2.45) is 5.73 Å². The molecule has 2 aromatic rings. The summed E-state index contributed by atoms with van der Waals surface area (Å²) in [4.78, 5) is 0. The highest BCUT2D eigenvalue weighted by molar-refractivity contribution is 5.58. The highest BCUT2D eigenvalue weighted by atomic mass is 15.4. The smallest absolute Gasteiger partial charge is 0.113 e. The van der Waals surface area contributed by atoms with Crippen molar-refractivity contribution in [1.82, 2.24) is 15.0 Å². The Morgan fingerprint density at radius 1 is 1.17 bits per heavy atom. The second-order valence-electron chi connectivity index (χ2n) is 5.48. The molecule has 0 spiro atoms. The van der Waals surface area contributed by atoms with Gasteiger partial charge in [-0.3, -0.25) is 4.68 Å². The van der Waals surface area contributed by atoms with Gasteiger partial charge in [-0.2, -0.15) is 0 Å². The van der Waals surface area contributed by atoms with E-state index in [4.69, 9.17) is 5.73 Å². The van der Waals surface area contributed by atoms with Gasteiger partial charge in [0.1, 0.15) is 5.69 Å². The van der Waals surface area contributed by atoms with Crippen LogP contribution in [-0.4, -0.2) is 21.5 Å². The zero-order valence-electron chi connectivity index (χ0n) is 11.2. The highest BCUT2D eigenvalue weighted by Crippen LogP contribution is 2.24. The minimum absolute atomic E-state index is 0.176. The summed E-state index contributed by atoms with van der Waals surface area (Å²) in [5.41, 5.74) is 8.97. The second kappa shape index (κ2) is 4.90. The number of hydrogen-bond acceptors (Lipinski definition) is 3. The molecule has 4 heteroatoms. The number of nitrogens with two attached hydrogens (primary N) is 1. The molecule has 1 heterocycles. The van der Waals surface area contributed by atoms with Crippen LogP contribution >= 0.6 is 0 Å². The Morgan fingerprint density at radius 3 is 2.39 bits per heavy atom. The zero-order chi connectivity index (χ0) is 13.2. The lowest BCUT2D eigenvalue weighted by molar-refractivity contribution is 0.590. The van der Waals surface area contributed by atoms with E-state index in [0.29, 0.717) is 13.1 Å². The monoisotopic (exact) mass is 244 g/mol. The molecule has 0 aliphatic carbocycles. The van der Waals surface area contributed by atoms with Crippen molar-refractivity contribution >= 4 is 0 Å². The van der Waals surface area contributed by atoms with Crippen LogP contribution in [0.1, 0.15) is 26.3 Å². The first-order valence-electron chi connectivity index (χ1n) is 6.22. The quantitative estimate of drug-likeness (QED) is 0.900. The van der Waals surface area contributed by atoms with Gasteiger partial charge in [-0.05, 0) is 11.0 Å². The van der Waals surface area contributed by atoms with Crippen molar-refractivity contribution in [3.8, 4) is 11.3 Å². The van der Waals surface area contributed by atoms with Gasteiger partial charge in [-0.25, -0.2) is 0 Å². The Balaban J connectivity index is 2.23. The summed E-state index contributed by atoms with van der Waals surface area (Å²) in [5, 5.41) is 8.19. The van der Waals surface area contributed by atoms with E-state index in [1.54, 1.807) is 4.68 Å². The molecule has 0 unspecified atom stereocenters. The van der Waals surface area contributed by atoms with Gasteiger partial charge in [0.2, 0.25) is 0 Å². The van der Waals surface area contributed by atoms with Gasteiger partial charge in [0, 0.05) is 12.1 Å². The fraction of sp³-hybridized carbons (Fsp3) is 0.429. The molecule has 18 heavy (non-hydrogen) atoms. The molecule has 0 bridgehead atoms. The van der Waals surface area contributed by atoms with Gasteiger partial charge in [-0.15, -0.1) is 5.10 Å². The van der Waals surface area contributed by atoms with Crippen LogP contribution in [0.5, 0.6) is 0 Å². The van der Waals surface area contributed by atoms with E-state index in [9.17, 15) is 0 Å². The van der Waals surface area contributed by atoms with E-state index < -0.39 is 0 Å².